The van der Waals surface area contributed by atoms with Crippen molar-refractivity contribution in [2.24, 2.45) is 0 Å². The summed E-state index contributed by atoms with van der Waals surface area (Å²) in [5.41, 5.74) is 3.83. The number of amides is 1. The Morgan fingerprint density at radius 2 is 2.07 bits per heavy atom. The molecule has 0 radical (unpaired) electrons. The first-order chi connectivity index (χ1) is 14.3. The second kappa shape index (κ2) is 8.11. The second-order valence-corrected chi connectivity index (χ2v) is 9.15. The third-order valence-corrected chi connectivity index (χ3v) is 7.15. The molecular weight excluding hydrogens is 422 g/mol. The van der Waals surface area contributed by atoms with Crippen LogP contribution in [0.3, 0.4) is 0 Å². The van der Waals surface area contributed by atoms with Crippen molar-refractivity contribution in [3.63, 3.8) is 0 Å². The van der Waals surface area contributed by atoms with Crippen molar-refractivity contribution < 1.29 is 4.79 Å². The van der Waals surface area contributed by atoms with E-state index < -0.39 is 5.69 Å². The van der Waals surface area contributed by atoms with Crippen molar-refractivity contribution >= 4 is 40.0 Å². The number of H-pyrrole nitrogens is 2. The van der Waals surface area contributed by atoms with Crippen molar-refractivity contribution in [3.05, 3.63) is 55.9 Å². The summed E-state index contributed by atoms with van der Waals surface area (Å²) in [4.78, 5) is 45.4. The number of aromatic nitrogens is 3. The van der Waals surface area contributed by atoms with Crippen molar-refractivity contribution in [1.29, 1.82) is 0 Å². The van der Waals surface area contributed by atoms with Gasteiger partial charge < -0.3 is 14.6 Å². The van der Waals surface area contributed by atoms with Gasteiger partial charge in [-0.15, -0.1) is 0 Å². The molecule has 10 heteroatoms. The maximum absolute atomic E-state index is 11.9. The molecule has 1 aliphatic rings. The number of thiazole rings is 1. The lowest BCUT2D eigenvalue weighted by Crippen LogP contribution is -2.28. The summed E-state index contributed by atoms with van der Waals surface area (Å²) in [5.74, 6) is -0.138. The van der Waals surface area contributed by atoms with Crippen LogP contribution in [-0.4, -0.2) is 27.4 Å². The monoisotopic (exact) mass is 443 g/mol. The number of fused-ring (bicyclic) bond motifs is 1. The molecule has 1 aromatic carbocycles. The van der Waals surface area contributed by atoms with Gasteiger partial charge in [0, 0.05) is 31.0 Å². The van der Waals surface area contributed by atoms with Crippen LogP contribution in [0.15, 0.2) is 32.8 Å². The molecule has 3 aromatic rings. The minimum Gasteiger partial charge on any atom is -0.311 e. The van der Waals surface area contributed by atoms with Gasteiger partial charge in [-0.3, -0.25) is 14.6 Å². The van der Waals surface area contributed by atoms with Gasteiger partial charge in [-0.1, -0.05) is 17.4 Å². The quantitative estimate of drug-likeness (QED) is 0.422. The number of anilines is 2. The van der Waals surface area contributed by atoms with Gasteiger partial charge in [-0.05, 0) is 49.9 Å². The topological polar surface area (TPSA) is 111 Å². The van der Waals surface area contributed by atoms with Gasteiger partial charge in [-0.2, -0.15) is 0 Å². The number of benzene rings is 1. The molecule has 156 valence electrons. The lowest BCUT2D eigenvalue weighted by atomic mass is 10.00. The third-order valence-electron chi connectivity index (χ3n) is 4.83. The van der Waals surface area contributed by atoms with Gasteiger partial charge in [0.1, 0.15) is 5.03 Å². The van der Waals surface area contributed by atoms with E-state index >= 15 is 0 Å². The molecule has 0 atom stereocenters. The Balaban J connectivity index is 1.65. The van der Waals surface area contributed by atoms with E-state index in [9.17, 15) is 14.4 Å². The van der Waals surface area contributed by atoms with E-state index in [2.05, 4.69) is 36.7 Å². The normalized spacial score (nSPS) is 13.2. The molecule has 0 bridgehead atoms. The van der Waals surface area contributed by atoms with E-state index in [-0.39, 0.29) is 11.5 Å². The largest absolute Gasteiger partial charge is 0.326 e. The van der Waals surface area contributed by atoms with Crippen molar-refractivity contribution in [2.75, 3.05) is 16.2 Å². The van der Waals surface area contributed by atoms with E-state index in [1.807, 2.05) is 13.0 Å². The molecule has 4 rings (SSSR count). The van der Waals surface area contributed by atoms with E-state index in [1.165, 1.54) is 35.8 Å². The lowest BCUT2D eigenvalue weighted by molar-refractivity contribution is -0.114. The number of nitrogens with one attached hydrogen (secondary N) is 3. The first-order valence-corrected chi connectivity index (χ1v) is 11.1. The molecule has 0 spiro atoms. The number of aryl methyl sites for hydroxylation is 2. The highest BCUT2D eigenvalue weighted by atomic mass is 32.2. The molecule has 1 aliphatic heterocycles. The number of hydrogen-bond acceptors (Lipinski definition) is 7. The van der Waals surface area contributed by atoms with Gasteiger partial charge in [0.05, 0.1) is 16.3 Å². The Morgan fingerprint density at radius 1 is 1.27 bits per heavy atom. The summed E-state index contributed by atoms with van der Waals surface area (Å²) in [6.45, 7) is 5.92. The molecular formula is C20H21N5O3S2. The molecule has 0 fully saturated rings. The fourth-order valence-corrected chi connectivity index (χ4v) is 5.49. The van der Waals surface area contributed by atoms with Gasteiger partial charge >= 0.3 is 5.69 Å². The molecule has 0 saturated carbocycles. The Kier molecular flexibility index (Phi) is 5.52. The van der Waals surface area contributed by atoms with Gasteiger partial charge in [0.2, 0.25) is 5.91 Å². The first-order valence-electron chi connectivity index (χ1n) is 9.49. The van der Waals surface area contributed by atoms with Crippen LogP contribution in [0.5, 0.6) is 0 Å². The predicted molar refractivity (Wildman–Crippen MR) is 121 cm³/mol. The summed E-state index contributed by atoms with van der Waals surface area (Å²) in [6.07, 6.45) is 1.91. The highest BCUT2D eigenvalue weighted by molar-refractivity contribution is 8.00. The zero-order valence-corrected chi connectivity index (χ0v) is 18.4. The van der Waals surface area contributed by atoms with E-state index in [4.69, 9.17) is 0 Å². The molecule has 3 N–H and O–H groups in total. The predicted octanol–water partition coefficient (Wildman–Crippen LogP) is 3.22. The lowest BCUT2D eigenvalue weighted by Gasteiger charge is -2.30. The average molecular weight is 444 g/mol. The first kappa shape index (κ1) is 20.4. The SMILES string of the molecule is CC(=O)Nc1nc(C)c(-c2ccc3c(c2)CCCN3Sc2[nH]c(=O)[nH]c(=O)c2C)s1. The van der Waals surface area contributed by atoms with Crippen LogP contribution in [0.2, 0.25) is 0 Å². The van der Waals surface area contributed by atoms with Crippen molar-refractivity contribution in [2.45, 2.75) is 38.6 Å². The number of carbonyl (C=O) groups excluding carboxylic acids is 1. The second-order valence-electron chi connectivity index (χ2n) is 7.12. The highest BCUT2D eigenvalue weighted by Crippen LogP contribution is 2.39. The minimum absolute atomic E-state index is 0.138. The summed E-state index contributed by atoms with van der Waals surface area (Å²) >= 11 is 2.84. The van der Waals surface area contributed by atoms with Crippen LogP contribution in [0.4, 0.5) is 10.8 Å². The van der Waals surface area contributed by atoms with Crippen LogP contribution >= 0.6 is 23.3 Å². The minimum atomic E-state index is -0.503. The number of hydrogen-bond donors (Lipinski definition) is 3. The van der Waals surface area contributed by atoms with Crippen LogP contribution in [0.25, 0.3) is 10.4 Å². The Labute approximate surface area is 180 Å². The molecule has 8 nitrogen and oxygen atoms in total. The van der Waals surface area contributed by atoms with Crippen molar-refractivity contribution in [3.8, 4) is 10.4 Å². The fourth-order valence-electron chi connectivity index (χ4n) is 3.40. The average Bonchev–Trinajstić information content (AvgIpc) is 3.04. The van der Waals surface area contributed by atoms with Crippen LogP contribution in [0, 0.1) is 13.8 Å². The Bertz CT molecular complexity index is 1240. The Hall–Kier alpha value is -2.85. The fraction of sp³-hybridized carbons (Fsp3) is 0.300. The molecule has 30 heavy (non-hydrogen) atoms. The molecule has 0 aliphatic carbocycles. The summed E-state index contributed by atoms with van der Waals surface area (Å²) < 4.78 is 2.11. The van der Waals surface area contributed by atoms with E-state index in [0.29, 0.717) is 15.7 Å². The van der Waals surface area contributed by atoms with Crippen LogP contribution < -0.4 is 20.9 Å². The maximum atomic E-state index is 11.9. The number of nitrogens with zero attached hydrogens (tertiary/aromatic N) is 2. The summed E-state index contributed by atoms with van der Waals surface area (Å²) in [6, 6.07) is 6.27. The molecule has 3 heterocycles. The van der Waals surface area contributed by atoms with Crippen molar-refractivity contribution in [1.82, 2.24) is 15.0 Å². The summed E-state index contributed by atoms with van der Waals surface area (Å²) in [5, 5.41) is 3.90. The molecule has 1 amide bonds. The smallest absolute Gasteiger partial charge is 0.311 e. The van der Waals surface area contributed by atoms with Crippen LogP contribution in [-0.2, 0) is 11.2 Å². The van der Waals surface area contributed by atoms with Crippen LogP contribution in [0.1, 0.15) is 30.2 Å². The van der Waals surface area contributed by atoms with E-state index in [1.54, 1.807) is 6.92 Å². The number of rotatable bonds is 4. The van der Waals surface area contributed by atoms with E-state index in [0.717, 1.165) is 41.2 Å². The Morgan fingerprint density at radius 3 is 2.83 bits per heavy atom. The van der Waals surface area contributed by atoms with Gasteiger partial charge in [0.25, 0.3) is 5.56 Å². The highest BCUT2D eigenvalue weighted by Gasteiger charge is 2.21. The maximum Gasteiger partial charge on any atom is 0.326 e. The molecule has 2 aromatic heterocycles. The standard InChI is InChI=1S/C20H21N5O3S2/c1-10-17(27)23-19(28)24-18(10)30-25-8-4-5-13-9-14(6-7-15(13)25)16-11(2)21-20(29-16)22-12(3)26/h6-7,9H,4-5,8H2,1-3H3,(H,21,22,26)(H2,23,24,27,28). The zero-order chi connectivity index (χ0) is 21.4. The zero-order valence-electron chi connectivity index (χ0n) is 16.8. The number of carbonyl (C=O) groups is 1. The molecule has 0 saturated heterocycles. The van der Waals surface area contributed by atoms with Gasteiger partial charge in [-0.25, -0.2) is 9.78 Å². The van der Waals surface area contributed by atoms with Gasteiger partial charge in [0.15, 0.2) is 5.13 Å². The third kappa shape index (κ3) is 4.05. The number of aromatic amines is 2. The summed E-state index contributed by atoms with van der Waals surface area (Å²) in [7, 11) is 0. The molecule has 0 unspecified atom stereocenters.